The molecule has 2 aromatic rings. The molecule has 8 nitrogen and oxygen atoms in total. The van der Waals surface area contributed by atoms with Gasteiger partial charge in [-0.15, -0.1) is 0 Å². The first-order chi connectivity index (χ1) is 15.0. The van der Waals surface area contributed by atoms with Crippen LogP contribution in [0.4, 0.5) is 0 Å². The summed E-state index contributed by atoms with van der Waals surface area (Å²) < 4.78 is 21.8. The molecule has 0 saturated heterocycles. The maximum Gasteiger partial charge on any atom is 0.229 e. The summed E-state index contributed by atoms with van der Waals surface area (Å²) in [6.07, 6.45) is 0. The molecule has 156 valence electrons. The highest BCUT2D eigenvalue weighted by molar-refractivity contribution is 6.27. The Balaban J connectivity index is 2.03. The maximum atomic E-state index is 13.5. The number of rotatable bonds is 4. The van der Waals surface area contributed by atoms with Gasteiger partial charge in [-0.25, -0.2) is 0 Å². The number of Topliss-reactive ketones (excluding diaryl/α,β-unsaturated/α-hetero) is 2. The van der Waals surface area contributed by atoms with E-state index in [9.17, 15) is 14.9 Å². The smallest absolute Gasteiger partial charge is 0.229 e. The maximum absolute atomic E-state index is 13.5. The Kier molecular flexibility index (Phi) is 4.87. The van der Waals surface area contributed by atoms with Gasteiger partial charge in [0, 0.05) is 16.7 Å². The van der Waals surface area contributed by atoms with E-state index in [2.05, 4.69) is 0 Å². The van der Waals surface area contributed by atoms with E-state index in [1.807, 2.05) is 6.07 Å². The molecule has 31 heavy (non-hydrogen) atoms. The highest BCUT2D eigenvalue weighted by Gasteiger charge is 2.45. The zero-order valence-corrected chi connectivity index (χ0v) is 17.0. The molecule has 0 aromatic heterocycles. The molecule has 0 amide bonds. The minimum absolute atomic E-state index is 0.00944. The number of carbonyl (C=O) groups excluding carboxylic acids is 2. The topological polar surface area (TPSA) is 121 Å². The van der Waals surface area contributed by atoms with Gasteiger partial charge in [-0.3, -0.25) is 9.59 Å². The van der Waals surface area contributed by atoms with Gasteiger partial charge in [0.1, 0.15) is 11.6 Å². The fourth-order valence-electron chi connectivity index (χ4n) is 3.97. The first-order valence-corrected chi connectivity index (χ1v) is 9.27. The van der Waals surface area contributed by atoms with Crippen LogP contribution in [0.25, 0.3) is 0 Å². The Labute approximate surface area is 178 Å². The van der Waals surface area contributed by atoms with Crippen LogP contribution in [0.5, 0.6) is 17.2 Å². The Morgan fingerprint density at radius 1 is 0.935 bits per heavy atom. The van der Waals surface area contributed by atoms with E-state index in [0.29, 0.717) is 11.3 Å². The Morgan fingerprint density at radius 2 is 1.58 bits per heavy atom. The first-order valence-electron chi connectivity index (χ1n) is 9.27. The van der Waals surface area contributed by atoms with Gasteiger partial charge < -0.3 is 24.7 Å². The van der Waals surface area contributed by atoms with E-state index in [1.54, 1.807) is 36.4 Å². The van der Waals surface area contributed by atoms with E-state index < -0.39 is 17.5 Å². The van der Waals surface area contributed by atoms with E-state index in [1.165, 1.54) is 21.3 Å². The average Bonchev–Trinajstić information content (AvgIpc) is 2.80. The number of benzene rings is 2. The number of ketones is 2. The fraction of sp³-hybridized carbons (Fsp3) is 0.174. The number of fused-ring (bicyclic) bond motifs is 1. The predicted octanol–water partition coefficient (Wildman–Crippen LogP) is 2.85. The second-order valence-corrected chi connectivity index (χ2v) is 6.79. The number of methoxy groups -OCH3 is 3. The van der Waals surface area contributed by atoms with Crippen molar-refractivity contribution in [1.82, 2.24) is 0 Å². The van der Waals surface area contributed by atoms with Gasteiger partial charge in [0.25, 0.3) is 0 Å². The van der Waals surface area contributed by atoms with E-state index in [4.69, 9.17) is 24.7 Å². The number of carbonyl (C=O) groups is 2. The molecule has 2 aliphatic rings. The molecule has 0 fully saturated rings. The Morgan fingerprint density at radius 3 is 2.16 bits per heavy atom. The number of allylic oxidation sites excluding steroid dienone is 3. The zero-order chi connectivity index (χ0) is 22.3. The molecular formula is C23H18N2O6. The summed E-state index contributed by atoms with van der Waals surface area (Å²) in [5.74, 6) is -1.40. The van der Waals surface area contributed by atoms with E-state index in [-0.39, 0.29) is 45.4 Å². The van der Waals surface area contributed by atoms with Gasteiger partial charge in [0.2, 0.25) is 17.4 Å². The van der Waals surface area contributed by atoms with E-state index >= 15 is 0 Å². The predicted molar refractivity (Wildman–Crippen MR) is 109 cm³/mol. The lowest BCUT2D eigenvalue weighted by molar-refractivity contribution is 0.0897. The third kappa shape index (κ3) is 2.82. The molecule has 1 atom stereocenters. The van der Waals surface area contributed by atoms with Crippen LogP contribution >= 0.6 is 0 Å². The lowest BCUT2D eigenvalue weighted by atomic mass is 9.75. The molecular weight excluding hydrogens is 400 g/mol. The molecule has 1 aliphatic carbocycles. The molecule has 2 N–H and O–H groups in total. The minimum Gasteiger partial charge on any atom is -0.493 e. The van der Waals surface area contributed by atoms with Crippen molar-refractivity contribution < 1.29 is 28.5 Å². The van der Waals surface area contributed by atoms with Crippen molar-refractivity contribution in [1.29, 1.82) is 5.26 Å². The molecule has 1 unspecified atom stereocenters. The second kappa shape index (κ2) is 7.54. The number of hydrogen-bond donors (Lipinski definition) is 1. The minimum atomic E-state index is -0.992. The summed E-state index contributed by atoms with van der Waals surface area (Å²) in [5, 5.41) is 9.84. The molecule has 0 saturated carbocycles. The van der Waals surface area contributed by atoms with Gasteiger partial charge in [0.05, 0.1) is 32.8 Å². The van der Waals surface area contributed by atoms with Crippen molar-refractivity contribution in [3.8, 4) is 23.3 Å². The van der Waals surface area contributed by atoms with Crippen molar-refractivity contribution in [2.45, 2.75) is 5.92 Å². The number of hydrogen-bond acceptors (Lipinski definition) is 8. The van der Waals surface area contributed by atoms with Crippen LogP contribution in [-0.4, -0.2) is 32.9 Å². The van der Waals surface area contributed by atoms with Crippen molar-refractivity contribution >= 4 is 11.6 Å². The third-order valence-electron chi connectivity index (χ3n) is 5.33. The molecule has 0 radical (unpaired) electrons. The molecule has 8 heteroatoms. The Hall–Kier alpha value is -4.25. The third-order valence-corrected chi connectivity index (χ3v) is 5.33. The highest BCUT2D eigenvalue weighted by atomic mass is 16.5. The largest absolute Gasteiger partial charge is 0.493 e. The molecule has 1 heterocycles. The Bertz CT molecular complexity index is 1240. The standard InChI is InChI=1S/C23H18N2O6/c1-28-15-9-8-13(20(29-2)21(15)30-3)16-14(10-24)23(25)31-22-17(16)18(26)11-6-4-5-7-12(11)19(22)27/h4-9,16H,25H2,1-3H3. The lowest BCUT2D eigenvalue weighted by Crippen LogP contribution is -2.32. The molecule has 0 spiro atoms. The number of nitrogens with zero attached hydrogens (tertiary/aromatic N) is 1. The first kappa shape index (κ1) is 20.0. The van der Waals surface area contributed by atoms with Gasteiger partial charge in [-0.2, -0.15) is 5.26 Å². The van der Waals surface area contributed by atoms with Crippen LogP contribution < -0.4 is 19.9 Å². The second-order valence-electron chi connectivity index (χ2n) is 6.79. The number of nitrogens with two attached hydrogens (primary N) is 1. The number of nitriles is 1. The summed E-state index contributed by atoms with van der Waals surface area (Å²) in [7, 11) is 4.35. The quantitative estimate of drug-likeness (QED) is 0.805. The summed E-state index contributed by atoms with van der Waals surface area (Å²) in [4.78, 5) is 26.6. The summed E-state index contributed by atoms with van der Waals surface area (Å²) in [5.41, 5.74) is 6.90. The monoisotopic (exact) mass is 418 g/mol. The molecule has 2 aromatic carbocycles. The summed E-state index contributed by atoms with van der Waals surface area (Å²) in [6, 6.07) is 11.7. The van der Waals surface area contributed by atoms with Gasteiger partial charge >= 0.3 is 0 Å². The van der Waals surface area contributed by atoms with Crippen LogP contribution in [0, 0.1) is 11.3 Å². The van der Waals surface area contributed by atoms with Crippen molar-refractivity contribution in [3.05, 3.63) is 75.9 Å². The molecule has 0 bridgehead atoms. The number of ether oxygens (including phenoxy) is 4. The molecule has 1 aliphatic heterocycles. The van der Waals surface area contributed by atoms with E-state index in [0.717, 1.165) is 0 Å². The van der Waals surface area contributed by atoms with Crippen LogP contribution in [0.2, 0.25) is 0 Å². The van der Waals surface area contributed by atoms with Crippen molar-refractivity contribution in [3.63, 3.8) is 0 Å². The SMILES string of the molecule is COc1ccc(C2C(C#N)=C(N)OC3=C2C(=O)c2ccccc2C3=O)c(OC)c1OC. The van der Waals surface area contributed by atoms with Crippen LogP contribution in [0.1, 0.15) is 32.2 Å². The summed E-state index contributed by atoms with van der Waals surface area (Å²) in [6.45, 7) is 0. The van der Waals surface area contributed by atoms with Crippen molar-refractivity contribution in [2.75, 3.05) is 21.3 Å². The summed E-state index contributed by atoms with van der Waals surface area (Å²) >= 11 is 0. The molecule has 4 rings (SSSR count). The van der Waals surface area contributed by atoms with Crippen LogP contribution in [0.15, 0.2) is 59.2 Å². The zero-order valence-electron chi connectivity index (χ0n) is 17.0. The van der Waals surface area contributed by atoms with Crippen molar-refractivity contribution in [2.24, 2.45) is 5.73 Å². The van der Waals surface area contributed by atoms with Gasteiger partial charge in [-0.05, 0) is 6.07 Å². The lowest BCUT2D eigenvalue weighted by Gasteiger charge is -2.31. The fourth-order valence-corrected chi connectivity index (χ4v) is 3.97. The van der Waals surface area contributed by atoms with Gasteiger partial charge in [-0.1, -0.05) is 30.3 Å². The normalized spacial score (nSPS) is 17.4. The van der Waals surface area contributed by atoms with Gasteiger partial charge in [0.15, 0.2) is 23.0 Å². The highest BCUT2D eigenvalue weighted by Crippen LogP contribution is 2.50. The van der Waals surface area contributed by atoms with Crippen LogP contribution in [0.3, 0.4) is 0 Å². The van der Waals surface area contributed by atoms with Crippen LogP contribution in [-0.2, 0) is 4.74 Å². The average molecular weight is 418 g/mol.